The Hall–Kier alpha value is -1.88. The minimum atomic E-state index is -0.220. The average molecular weight is 262 g/mol. The number of hydrogen-bond donors (Lipinski definition) is 1. The van der Waals surface area contributed by atoms with E-state index >= 15 is 0 Å². The maximum atomic E-state index is 13.3. The molecule has 0 atom stereocenters. The van der Waals surface area contributed by atoms with Gasteiger partial charge in [-0.2, -0.15) is 5.10 Å². The molecule has 5 heteroatoms. The topological polar surface area (TPSA) is 47.1 Å². The van der Waals surface area contributed by atoms with Crippen LogP contribution in [-0.2, 0) is 20.0 Å². The fraction of sp³-hybridized carbons (Fsp3) is 0.357. The van der Waals surface area contributed by atoms with Gasteiger partial charge in [0, 0.05) is 38.1 Å². The van der Waals surface area contributed by atoms with Gasteiger partial charge in [-0.05, 0) is 36.7 Å². The van der Waals surface area contributed by atoms with E-state index in [2.05, 4.69) is 10.00 Å². The molecule has 1 aromatic carbocycles. The van der Waals surface area contributed by atoms with Gasteiger partial charge in [0.05, 0.1) is 6.20 Å². The van der Waals surface area contributed by atoms with Crippen molar-refractivity contribution in [3.05, 3.63) is 47.5 Å². The molecule has 0 saturated heterocycles. The lowest BCUT2D eigenvalue weighted by Crippen LogP contribution is -2.19. The molecular formula is C14H19FN4. The number of rotatable bonds is 5. The van der Waals surface area contributed by atoms with Crippen LogP contribution in [0.1, 0.15) is 11.1 Å². The lowest BCUT2D eigenvalue weighted by Gasteiger charge is -2.22. The third-order valence-electron chi connectivity index (χ3n) is 3.04. The molecule has 0 aliphatic rings. The lowest BCUT2D eigenvalue weighted by molar-refractivity contribution is 0.625. The molecule has 2 rings (SSSR count). The van der Waals surface area contributed by atoms with Crippen LogP contribution in [0, 0.1) is 5.82 Å². The fourth-order valence-electron chi connectivity index (χ4n) is 2.19. The Morgan fingerprint density at radius 3 is 2.84 bits per heavy atom. The van der Waals surface area contributed by atoms with Gasteiger partial charge in [-0.25, -0.2) is 4.39 Å². The molecule has 102 valence electrons. The number of halogens is 1. The van der Waals surface area contributed by atoms with Gasteiger partial charge in [0.15, 0.2) is 0 Å². The van der Waals surface area contributed by atoms with Crippen molar-refractivity contribution in [2.45, 2.75) is 13.0 Å². The van der Waals surface area contributed by atoms with Crippen LogP contribution in [0.15, 0.2) is 30.6 Å². The zero-order valence-corrected chi connectivity index (χ0v) is 11.3. The second kappa shape index (κ2) is 5.84. The van der Waals surface area contributed by atoms with E-state index in [4.69, 9.17) is 5.73 Å². The molecule has 0 spiro atoms. The van der Waals surface area contributed by atoms with Crippen LogP contribution in [0.2, 0.25) is 0 Å². The smallest absolute Gasteiger partial charge is 0.123 e. The highest BCUT2D eigenvalue weighted by atomic mass is 19.1. The molecule has 0 saturated carbocycles. The first-order valence-corrected chi connectivity index (χ1v) is 6.27. The second-order valence-electron chi connectivity index (χ2n) is 4.69. The number of aryl methyl sites for hydroxylation is 1. The summed E-state index contributed by atoms with van der Waals surface area (Å²) in [6.07, 6.45) is 4.48. The van der Waals surface area contributed by atoms with Crippen LogP contribution in [0.4, 0.5) is 10.1 Å². The van der Waals surface area contributed by atoms with Gasteiger partial charge < -0.3 is 10.6 Å². The van der Waals surface area contributed by atoms with Crippen molar-refractivity contribution >= 4 is 5.69 Å². The van der Waals surface area contributed by atoms with Crippen molar-refractivity contribution in [2.75, 3.05) is 18.5 Å². The van der Waals surface area contributed by atoms with Crippen molar-refractivity contribution in [3.63, 3.8) is 0 Å². The third kappa shape index (κ3) is 3.32. The molecule has 0 aliphatic carbocycles. The van der Waals surface area contributed by atoms with Gasteiger partial charge in [-0.1, -0.05) is 0 Å². The minimum absolute atomic E-state index is 0.220. The Bertz CT molecular complexity index is 550. The number of benzene rings is 1. The summed E-state index contributed by atoms with van der Waals surface area (Å²) in [5, 5.41) is 4.15. The quantitative estimate of drug-likeness (QED) is 0.892. The number of aromatic nitrogens is 2. The standard InChI is InChI=1S/C14H19FN4/c1-18(9-11-8-17-19(2)10-11)14-4-3-13(15)7-12(14)5-6-16/h3-4,7-8,10H,5-6,9,16H2,1-2H3. The summed E-state index contributed by atoms with van der Waals surface area (Å²) in [4.78, 5) is 2.08. The molecule has 2 aromatic rings. The van der Waals surface area contributed by atoms with Gasteiger partial charge >= 0.3 is 0 Å². The molecule has 0 aliphatic heterocycles. The van der Waals surface area contributed by atoms with E-state index < -0.39 is 0 Å². The van der Waals surface area contributed by atoms with Crippen LogP contribution in [0.3, 0.4) is 0 Å². The van der Waals surface area contributed by atoms with Gasteiger partial charge in [0.25, 0.3) is 0 Å². The first-order valence-electron chi connectivity index (χ1n) is 6.27. The molecule has 0 amide bonds. The number of nitrogens with two attached hydrogens (primary N) is 1. The molecule has 1 heterocycles. The maximum absolute atomic E-state index is 13.3. The first-order chi connectivity index (χ1) is 9.10. The molecular weight excluding hydrogens is 243 g/mol. The highest BCUT2D eigenvalue weighted by molar-refractivity contribution is 5.53. The Morgan fingerprint density at radius 2 is 2.21 bits per heavy atom. The largest absolute Gasteiger partial charge is 0.370 e. The van der Waals surface area contributed by atoms with E-state index in [1.165, 1.54) is 6.07 Å². The summed E-state index contributed by atoms with van der Waals surface area (Å²) in [5.74, 6) is -0.220. The van der Waals surface area contributed by atoms with Gasteiger partial charge in [-0.15, -0.1) is 0 Å². The SMILES string of the molecule is CN(Cc1cnn(C)c1)c1ccc(F)cc1CCN. The van der Waals surface area contributed by atoms with E-state index in [9.17, 15) is 4.39 Å². The summed E-state index contributed by atoms with van der Waals surface area (Å²) >= 11 is 0. The monoisotopic (exact) mass is 262 g/mol. The number of anilines is 1. The van der Waals surface area contributed by atoms with Crippen molar-refractivity contribution < 1.29 is 4.39 Å². The second-order valence-corrected chi connectivity index (χ2v) is 4.69. The normalized spacial score (nSPS) is 10.7. The highest BCUT2D eigenvalue weighted by Gasteiger charge is 2.09. The van der Waals surface area contributed by atoms with Gasteiger partial charge in [0.2, 0.25) is 0 Å². The summed E-state index contributed by atoms with van der Waals surface area (Å²) in [5.41, 5.74) is 8.65. The summed E-state index contributed by atoms with van der Waals surface area (Å²) < 4.78 is 15.1. The summed E-state index contributed by atoms with van der Waals surface area (Å²) in [6.45, 7) is 1.24. The van der Waals surface area contributed by atoms with E-state index in [1.54, 1.807) is 16.8 Å². The van der Waals surface area contributed by atoms with E-state index in [0.717, 1.165) is 23.4 Å². The molecule has 0 fully saturated rings. The van der Waals surface area contributed by atoms with E-state index in [1.807, 2.05) is 26.5 Å². The molecule has 4 nitrogen and oxygen atoms in total. The fourth-order valence-corrected chi connectivity index (χ4v) is 2.19. The van der Waals surface area contributed by atoms with Crippen molar-refractivity contribution in [1.29, 1.82) is 0 Å². The predicted octanol–water partition coefficient (Wildman–Crippen LogP) is 1.70. The molecule has 2 N–H and O–H groups in total. The summed E-state index contributed by atoms with van der Waals surface area (Å²) in [6, 6.07) is 4.84. The maximum Gasteiger partial charge on any atom is 0.123 e. The summed E-state index contributed by atoms with van der Waals surface area (Å²) in [7, 11) is 3.88. The van der Waals surface area contributed by atoms with Crippen molar-refractivity contribution in [1.82, 2.24) is 9.78 Å². The van der Waals surface area contributed by atoms with Crippen molar-refractivity contribution in [2.24, 2.45) is 12.8 Å². The Balaban J connectivity index is 2.20. The zero-order valence-electron chi connectivity index (χ0n) is 11.3. The number of nitrogens with zero attached hydrogens (tertiary/aromatic N) is 3. The van der Waals surface area contributed by atoms with Crippen LogP contribution in [0.5, 0.6) is 0 Å². The van der Waals surface area contributed by atoms with Gasteiger partial charge in [0.1, 0.15) is 5.82 Å². The Labute approximate surface area is 112 Å². The molecule has 19 heavy (non-hydrogen) atoms. The van der Waals surface area contributed by atoms with Crippen LogP contribution >= 0.6 is 0 Å². The molecule has 0 unspecified atom stereocenters. The first kappa shape index (κ1) is 13.5. The van der Waals surface area contributed by atoms with E-state index in [0.29, 0.717) is 13.0 Å². The van der Waals surface area contributed by atoms with Crippen LogP contribution in [-0.4, -0.2) is 23.4 Å². The molecule has 0 bridgehead atoms. The zero-order chi connectivity index (χ0) is 13.8. The minimum Gasteiger partial charge on any atom is -0.370 e. The van der Waals surface area contributed by atoms with Crippen LogP contribution < -0.4 is 10.6 Å². The third-order valence-corrected chi connectivity index (χ3v) is 3.04. The van der Waals surface area contributed by atoms with Gasteiger partial charge in [-0.3, -0.25) is 4.68 Å². The molecule has 1 aromatic heterocycles. The van der Waals surface area contributed by atoms with Crippen LogP contribution in [0.25, 0.3) is 0 Å². The Kier molecular flexibility index (Phi) is 4.16. The predicted molar refractivity (Wildman–Crippen MR) is 74.5 cm³/mol. The van der Waals surface area contributed by atoms with Crippen molar-refractivity contribution in [3.8, 4) is 0 Å². The highest BCUT2D eigenvalue weighted by Crippen LogP contribution is 2.22. The van der Waals surface area contributed by atoms with E-state index in [-0.39, 0.29) is 5.82 Å². The Morgan fingerprint density at radius 1 is 1.42 bits per heavy atom. The molecule has 0 radical (unpaired) electrons. The number of hydrogen-bond acceptors (Lipinski definition) is 3. The average Bonchev–Trinajstić information content (AvgIpc) is 2.75. The lowest BCUT2D eigenvalue weighted by atomic mass is 10.1.